The number of carbonyl (C=O) groups excluding carboxylic acids is 2. The third kappa shape index (κ3) is 4.48. The van der Waals surface area contributed by atoms with E-state index in [9.17, 15) is 14.0 Å². The number of amides is 2. The Morgan fingerprint density at radius 3 is 2.70 bits per heavy atom. The van der Waals surface area contributed by atoms with Gasteiger partial charge in [-0.15, -0.1) is 11.8 Å². The van der Waals surface area contributed by atoms with Crippen LogP contribution in [0.4, 0.5) is 4.39 Å². The lowest BCUT2D eigenvalue weighted by atomic mass is 10.1. The first-order valence-corrected chi connectivity index (χ1v) is 9.68. The molecule has 0 radical (unpaired) electrons. The topological polar surface area (TPSA) is 58.6 Å². The molecule has 2 aromatic rings. The first-order chi connectivity index (χ1) is 13.1. The molecule has 27 heavy (non-hydrogen) atoms. The number of nitrogens with one attached hydrogen (secondary N) is 1. The van der Waals surface area contributed by atoms with Gasteiger partial charge >= 0.3 is 0 Å². The van der Waals surface area contributed by atoms with Gasteiger partial charge in [0.25, 0.3) is 5.91 Å². The van der Waals surface area contributed by atoms with Crippen molar-refractivity contribution >= 4 is 23.6 Å². The highest BCUT2D eigenvalue weighted by Crippen LogP contribution is 2.42. The van der Waals surface area contributed by atoms with E-state index in [4.69, 9.17) is 4.74 Å². The van der Waals surface area contributed by atoms with Crippen molar-refractivity contribution in [1.82, 2.24) is 10.2 Å². The number of methoxy groups -OCH3 is 1. The number of ether oxygens (including phenoxy) is 1. The average molecular weight is 388 g/mol. The van der Waals surface area contributed by atoms with Crippen molar-refractivity contribution in [1.29, 1.82) is 0 Å². The van der Waals surface area contributed by atoms with E-state index in [1.54, 1.807) is 48.4 Å². The van der Waals surface area contributed by atoms with Crippen LogP contribution in [0.1, 0.15) is 21.3 Å². The highest BCUT2D eigenvalue weighted by molar-refractivity contribution is 7.99. The summed E-state index contributed by atoms with van der Waals surface area (Å²) in [5.74, 6) is -0.406. The van der Waals surface area contributed by atoms with Crippen LogP contribution in [0.2, 0.25) is 0 Å². The Morgan fingerprint density at radius 1 is 1.22 bits per heavy atom. The maximum Gasteiger partial charge on any atom is 0.255 e. The summed E-state index contributed by atoms with van der Waals surface area (Å²) in [4.78, 5) is 27.4. The third-order valence-corrected chi connectivity index (χ3v) is 5.62. The van der Waals surface area contributed by atoms with Crippen LogP contribution < -0.4 is 5.32 Å². The second kappa shape index (κ2) is 9.01. The minimum Gasteiger partial charge on any atom is -0.383 e. The molecule has 0 aromatic heterocycles. The summed E-state index contributed by atoms with van der Waals surface area (Å²) in [6.45, 7) is 0.764. The van der Waals surface area contributed by atoms with E-state index in [1.807, 2.05) is 6.07 Å². The van der Waals surface area contributed by atoms with Crippen LogP contribution >= 0.6 is 11.8 Å². The van der Waals surface area contributed by atoms with Crippen molar-refractivity contribution in [3.63, 3.8) is 0 Å². The first-order valence-electron chi connectivity index (χ1n) is 8.63. The number of halogens is 1. The zero-order valence-electron chi connectivity index (χ0n) is 14.9. The summed E-state index contributed by atoms with van der Waals surface area (Å²) in [6.07, 6.45) is 0. The summed E-state index contributed by atoms with van der Waals surface area (Å²) < 4.78 is 18.7. The second-order valence-corrected chi connectivity index (χ2v) is 7.23. The molecule has 0 bridgehead atoms. The van der Waals surface area contributed by atoms with E-state index in [1.165, 1.54) is 23.9 Å². The van der Waals surface area contributed by atoms with Gasteiger partial charge in [0.2, 0.25) is 5.91 Å². The van der Waals surface area contributed by atoms with Gasteiger partial charge in [-0.2, -0.15) is 0 Å². The average Bonchev–Trinajstić information content (AvgIpc) is 3.13. The van der Waals surface area contributed by atoms with E-state index in [0.29, 0.717) is 30.0 Å². The summed E-state index contributed by atoms with van der Waals surface area (Å²) in [7, 11) is 1.56. The molecule has 0 saturated carbocycles. The molecule has 2 unspecified atom stereocenters. The van der Waals surface area contributed by atoms with Crippen molar-refractivity contribution < 1.29 is 18.7 Å². The normalized spacial score (nSPS) is 19.1. The third-order valence-electron chi connectivity index (χ3n) is 4.30. The summed E-state index contributed by atoms with van der Waals surface area (Å²) in [5, 5.41) is 2.38. The molecule has 1 aliphatic heterocycles. The molecule has 2 amide bonds. The minimum absolute atomic E-state index is 0.234. The van der Waals surface area contributed by atoms with Crippen LogP contribution in [0.3, 0.4) is 0 Å². The van der Waals surface area contributed by atoms with E-state index >= 15 is 0 Å². The van der Waals surface area contributed by atoms with Gasteiger partial charge in [-0.25, -0.2) is 4.39 Å². The Labute approximate surface area is 161 Å². The standard InChI is InChI=1S/C20H21FN2O3S/c1-26-11-10-22-18(24)17-13-27-20(15-8-5-9-16(21)12-15)23(17)19(25)14-6-3-2-4-7-14/h2-9,12,17,20H,10-11,13H2,1H3,(H,22,24). The van der Waals surface area contributed by atoms with Gasteiger partial charge in [-0.1, -0.05) is 30.3 Å². The van der Waals surface area contributed by atoms with E-state index in [0.717, 1.165) is 0 Å². The smallest absolute Gasteiger partial charge is 0.255 e. The SMILES string of the molecule is COCCNC(=O)C1CSC(c2cccc(F)c2)N1C(=O)c1ccccc1. The molecule has 7 heteroatoms. The predicted molar refractivity (Wildman–Crippen MR) is 103 cm³/mol. The molecule has 2 aromatic carbocycles. The van der Waals surface area contributed by atoms with Gasteiger partial charge in [0.1, 0.15) is 17.2 Å². The molecule has 2 atom stereocenters. The monoisotopic (exact) mass is 388 g/mol. The zero-order chi connectivity index (χ0) is 19.2. The van der Waals surface area contributed by atoms with Crippen molar-refractivity contribution in [2.45, 2.75) is 11.4 Å². The van der Waals surface area contributed by atoms with Crippen molar-refractivity contribution in [2.24, 2.45) is 0 Å². The Kier molecular flexibility index (Phi) is 6.47. The number of hydrogen-bond acceptors (Lipinski definition) is 4. The van der Waals surface area contributed by atoms with Gasteiger partial charge in [-0.3, -0.25) is 9.59 Å². The quantitative estimate of drug-likeness (QED) is 0.773. The second-order valence-electron chi connectivity index (χ2n) is 6.12. The van der Waals surface area contributed by atoms with Gasteiger partial charge in [-0.05, 0) is 29.8 Å². The van der Waals surface area contributed by atoms with Crippen LogP contribution in [0.5, 0.6) is 0 Å². The summed E-state index contributed by atoms with van der Waals surface area (Å²) in [6, 6.07) is 14.3. The van der Waals surface area contributed by atoms with Crippen molar-refractivity contribution in [3.8, 4) is 0 Å². The Balaban J connectivity index is 1.90. The van der Waals surface area contributed by atoms with Crippen LogP contribution in [-0.4, -0.2) is 48.8 Å². The summed E-state index contributed by atoms with van der Waals surface area (Å²) >= 11 is 1.46. The molecule has 0 spiro atoms. The molecular weight excluding hydrogens is 367 g/mol. The Hall–Kier alpha value is -2.38. The molecule has 1 fully saturated rings. The lowest BCUT2D eigenvalue weighted by Crippen LogP contribution is -2.48. The fourth-order valence-corrected chi connectivity index (χ4v) is 4.42. The number of nitrogens with zero attached hydrogens (tertiary/aromatic N) is 1. The molecule has 1 heterocycles. The van der Waals surface area contributed by atoms with Crippen molar-refractivity contribution in [2.75, 3.05) is 26.0 Å². The highest BCUT2D eigenvalue weighted by atomic mass is 32.2. The van der Waals surface area contributed by atoms with Crippen LogP contribution in [-0.2, 0) is 9.53 Å². The molecule has 1 saturated heterocycles. The lowest BCUT2D eigenvalue weighted by Gasteiger charge is -2.29. The minimum atomic E-state index is -0.632. The van der Waals surface area contributed by atoms with Gasteiger partial charge < -0.3 is 15.0 Å². The number of carbonyl (C=O) groups is 2. The lowest BCUT2D eigenvalue weighted by molar-refractivity contribution is -0.125. The largest absolute Gasteiger partial charge is 0.383 e. The van der Waals surface area contributed by atoms with Crippen molar-refractivity contribution in [3.05, 3.63) is 71.5 Å². The Bertz CT molecular complexity index is 803. The fourth-order valence-electron chi connectivity index (χ4n) is 3.00. The number of thioether (sulfide) groups is 1. The molecular formula is C20H21FN2O3S. The van der Waals surface area contributed by atoms with E-state index in [-0.39, 0.29) is 17.6 Å². The molecule has 1 N–H and O–H groups in total. The van der Waals surface area contributed by atoms with E-state index < -0.39 is 11.4 Å². The maximum absolute atomic E-state index is 13.7. The van der Waals surface area contributed by atoms with Crippen LogP contribution in [0.15, 0.2) is 54.6 Å². The number of rotatable bonds is 6. The molecule has 3 rings (SSSR count). The number of hydrogen-bond donors (Lipinski definition) is 1. The van der Waals surface area contributed by atoms with Gasteiger partial charge in [0.15, 0.2) is 0 Å². The molecule has 0 aliphatic carbocycles. The highest BCUT2D eigenvalue weighted by Gasteiger charge is 2.42. The van der Waals surface area contributed by atoms with Crippen LogP contribution in [0, 0.1) is 5.82 Å². The van der Waals surface area contributed by atoms with Crippen LogP contribution in [0.25, 0.3) is 0 Å². The first kappa shape index (κ1) is 19.4. The molecule has 1 aliphatic rings. The molecule has 142 valence electrons. The van der Waals surface area contributed by atoms with E-state index in [2.05, 4.69) is 5.32 Å². The Morgan fingerprint density at radius 2 is 2.00 bits per heavy atom. The van der Waals surface area contributed by atoms with Gasteiger partial charge in [0.05, 0.1) is 6.61 Å². The predicted octanol–water partition coefficient (Wildman–Crippen LogP) is 2.84. The number of benzene rings is 2. The maximum atomic E-state index is 13.7. The van der Waals surface area contributed by atoms with Gasteiger partial charge in [0, 0.05) is 25.0 Å². The molecule has 5 nitrogen and oxygen atoms in total. The zero-order valence-corrected chi connectivity index (χ0v) is 15.7. The summed E-state index contributed by atoms with van der Waals surface area (Å²) in [5.41, 5.74) is 1.16. The fraction of sp³-hybridized carbons (Fsp3) is 0.300.